The monoisotopic (exact) mass is 452 g/mol. The first-order valence-electron chi connectivity index (χ1n) is 12.8. The third kappa shape index (κ3) is 3.38. The van der Waals surface area contributed by atoms with E-state index in [1.165, 1.54) is 12.0 Å². The van der Waals surface area contributed by atoms with Crippen molar-refractivity contribution in [2.75, 3.05) is 14.2 Å². The standard InChI is InChI=1S/C29H40O4/c1-17(30)27-23(22-15-20(32-4)7-9-26(22)33-5)16-25-21-8-6-18-14-19(31)10-12-28(18,2)24(21)11-13-29(25,27)3/h6-7,9,15,19,21,23-25,27,31H,8,10-14,16H2,1-5H3/t19-,21+,23-,24-,25-,27-,28-,29-/m0/s1. The number of allylic oxidation sites excluding steroid dienone is 1. The lowest BCUT2D eigenvalue weighted by atomic mass is 9.47. The third-order valence-corrected chi connectivity index (χ3v) is 10.4. The molecular formula is C29H40O4. The van der Waals surface area contributed by atoms with Crippen molar-refractivity contribution in [1.82, 2.24) is 0 Å². The minimum absolute atomic E-state index is 0.0100. The highest BCUT2D eigenvalue weighted by Crippen LogP contribution is 2.69. The van der Waals surface area contributed by atoms with E-state index in [0.29, 0.717) is 23.5 Å². The van der Waals surface area contributed by atoms with Crippen molar-refractivity contribution in [1.29, 1.82) is 0 Å². The van der Waals surface area contributed by atoms with Crippen molar-refractivity contribution in [2.24, 2.45) is 34.5 Å². The Bertz CT molecular complexity index is 966. The molecule has 0 unspecified atom stereocenters. The fraction of sp³-hybridized carbons (Fsp3) is 0.690. The van der Waals surface area contributed by atoms with Crippen molar-refractivity contribution in [3.8, 4) is 11.5 Å². The summed E-state index contributed by atoms with van der Waals surface area (Å²) in [5.74, 6) is 3.95. The first-order valence-corrected chi connectivity index (χ1v) is 12.8. The van der Waals surface area contributed by atoms with Gasteiger partial charge in [-0.25, -0.2) is 0 Å². The Morgan fingerprint density at radius 1 is 1.09 bits per heavy atom. The summed E-state index contributed by atoms with van der Waals surface area (Å²) in [7, 11) is 3.42. The molecule has 33 heavy (non-hydrogen) atoms. The molecule has 3 saturated carbocycles. The number of fused-ring (bicyclic) bond motifs is 5. The molecule has 0 spiro atoms. The van der Waals surface area contributed by atoms with Crippen LogP contribution in [0.2, 0.25) is 0 Å². The number of aliphatic hydroxyl groups is 1. The zero-order valence-corrected chi connectivity index (χ0v) is 20.9. The lowest BCUT2D eigenvalue weighted by molar-refractivity contribution is -0.128. The van der Waals surface area contributed by atoms with E-state index in [0.717, 1.165) is 55.6 Å². The fourth-order valence-electron chi connectivity index (χ4n) is 8.87. The van der Waals surface area contributed by atoms with Gasteiger partial charge in [-0.15, -0.1) is 0 Å². The summed E-state index contributed by atoms with van der Waals surface area (Å²) in [5, 5.41) is 10.3. The minimum Gasteiger partial charge on any atom is -0.497 e. The van der Waals surface area contributed by atoms with Gasteiger partial charge in [0.25, 0.3) is 0 Å². The second kappa shape index (κ2) is 8.15. The summed E-state index contributed by atoms with van der Waals surface area (Å²) < 4.78 is 11.3. The Morgan fingerprint density at radius 2 is 1.88 bits per heavy atom. The summed E-state index contributed by atoms with van der Waals surface area (Å²) in [6, 6.07) is 6.03. The number of carbonyl (C=O) groups is 1. The molecule has 3 fully saturated rings. The van der Waals surface area contributed by atoms with Crippen LogP contribution in [-0.2, 0) is 4.79 Å². The maximum absolute atomic E-state index is 13.2. The van der Waals surface area contributed by atoms with Crippen molar-refractivity contribution in [3.05, 3.63) is 35.4 Å². The third-order valence-electron chi connectivity index (χ3n) is 10.4. The molecule has 180 valence electrons. The fourth-order valence-corrected chi connectivity index (χ4v) is 8.87. The summed E-state index contributed by atoms with van der Waals surface area (Å²) in [5.41, 5.74) is 2.85. The van der Waals surface area contributed by atoms with Crippen LogP contribution in [0.15, 0.2) is 29.8 Å². The zero-order chi connectivity index (χ0) is 23.5. The molecule has 1 aromatic carbocycles. The number of hydrogen-bond donors (Lipinski definition) is 1. The van der Waals surface area contributed by atoms with E-state index < -0.39 is 0 Å². The molecule has 0 aliphatic heterocycles. The molecule has 0 radical (unpaired) electrons. The van der Waals surface area contributed by atoms with E-state index in [9.17, 15) is 9.90 Å². The van der Waals surface area contributed by atoms with Gasteiger partial charge < -0.3 is 14.6 Å². The normalized spacial score (nSPS) is 41.9. The first-order chi connectivity index (χ1) is 15.7. The van der Waals surface area contributed by atoms with Gasteiger partial charge in [-0.3, -0.25) is 4.79 Å². The lowest BCUT2D eigenvalue weighted by Gasteiger charge is -2.57. The molecule has 4 heteroatoms. The Morgan fingerprint density at radius 3 is 2.58 bits per heavy atom. The van der Waals surface area contributed by atoms with Gasteiger partial charge >= 0.3 is 0 Å². The minimum atomic E-state index is -0.173. The van der Waals surface area contributed by atoms with Crippen molar-refractivity contribution in [3.63, 3.8) is 0 Å². The van der Waals surface area contributed by atoms with Crippen molar-refractivity contribution < 1.29 is 19.4 Å². The number of ketones is 1. The van der Waals surface area contributed by atoms with Gasteiger partial charge in [-0.1, -0.05) is 25.5 Å². The Hall–Kier alpha value is -1.81. The largest absolute Gasteiger partial charge is 0.497 e. The van der Waals surface area contributed by atoms with Gasteiger partial charge in [0.05, 0.1) is 20.3 Å². The van der Waals surface area contributed by atoms with Crippen LogP contribution in [0.1, 0.15) is 77.2 Å². The molecule has 1 aromatic rings. The van der Waals surface area contributed by atoms with Crippen LogP contribution >= 0.6 is 0 Å². The van der Waals surface area contributed by atoms with Crippen LogP contribution in [0.5, 0.6) is 11.5 Å². The van der Waals surface area contributed by atoms with Gasteiger partial charge in [0, 0.05) is 11.5 Å². The quantitative estimate of drug-likeness (QED) is 0.576. The number of benzene rings is 1. The van der Waals surface area contributed by atoms with Gasteiger partial charge in [-0.05, 0) is 105 Å². The molecule has 0 aromatic heterocycles. The van der Waals surface area contributed by atoms with Crippen LogP contribution in [-0.4, -0.2) is 31.2 Å². The summed E-state index contributed by atoms with van der Waals surface area (Å²) in [4.78, 5) is 13.2. The summed E-state index contributed by atoms with van der Waals surface area (Å²) in [6.45, 7) is 6.66. The summed E-state index contributed by atoms with van der Waals surface area (Å²) >= 11 is 0. The van der Waals surface area contributed by atoms with E-state index in [4.69, 9.17) is 9.47 Å². The Kier molecular flexibility index (Phi) is 5.67. The van der Waals surface area contributed by atoms with Gasteiger partial charge in [0.15, 0.2) is 0 Å². The van der Waals surface area contributed by atoms with E-state index in [-0.39, 0.29) is 28.8 Å². The highest BCUT2D eigenvalue weighted by molar-refractivity contribution is 5.81. The van der Waals surface area contributed by atoms with Gasteiger partial charge in [0.1, 0.15) is 17.3 Å². The molecule has 0 amide bonds. The van der Waals surface area contributed by atoms with Crippen LogP contribution in [0.3, 0.4) is 0 Å². The smallest absolute Gasteiger partial charge is 0.134 e. The topological polar surface area (TPSA) is 55.8 Å². The predicted octanol–water partition coefficient (Wildman–Crippen LogP) is 5.93. The lowest BCUT2D eigenvalue weighted by Crippen LogP contribution is -2.51. The number of aliphatic hydroxyl groups excluding tert-OH is 1. The number of carbonyl (C=O) groups excluding carboxylic acids is 1. The highest BCUT2D eigenvalue weighted by Gasteiger charge is 2.62. The highest BCUT2D eigenvalue weighted by atomic mass is 16.5. The molecule has 4 aliphatic rings. The SMILES string of the molecule is COc1ccc(OC)c([C@@H]2C[C@H]3[C@@H]4CC=C5C[C@@H](O)CC[C@]5(C)[C@H]4CC[C@]3(C)[C@H]2C(C)=O)c1. The Labute approximate surface area is 198 Å². The molecule has 0 saturated heterocycles. The second-order valence-electron chi connectivity index (χ2n) is 11.7. The molecule has 4 aliphatic carbocycles. The Balaban J connectivity index is 1.55. The predicted molar refractivity (Wildman–Crippen MR) is 130 cm³/mol. The van der Waals surface area contributed by atoms with Gasteiger partial charge in [0.2, 0.25) is 0 Å². The van der Waals surface area contributed by atoms with Crippen molar-refractivity contribution >= 4 is 5.78 Å². The first kappa shape index (κ1) is 23.0. The van der Waals surface area contributed by atoms with Crippen LogP contribution < -0.4 is 9.47 Å². The van der Waals surface area contributed by atoms with E-state index >= 15 is 0 Å². The average molecular weight is 453 g/mol. The number of rotatable bonds is 4. The maximum atomic E-state index is 13.2. The molecule has 0 bridgehead atoms. The maximum Gasteiger partial charge on any atom is 0.134 e. The van der Waals surface area contributed by atoms with E-state index in [1.807, 2.05) is 12.1 Å². The average Bonchev–Trinajstić information content (AvgIpc) is 3.12. The molecular weight excluding hydrogens is 412 g/mol. The van der Waals surface area contributed by atoms with Crippen LogP contribution in [0.25, 0.3) is 0 Å². The van der Waals surface area contributed by atoms with E-state index in [2.05, 4.69) is 26.0 Å². The molecule has 5 rings (SSSR count). The second-order valence-corrected chi connectivity index (χ2v) is 11.7. The molecule has 4 nitrogen and oxygen atoms in total. The van der Waals surface area contributed by atoms with Crippen molar-refractivity contribution in [2.45, 2.75) is 77.7 Å². The molecule has 8 atom stereocenters. The molecule has 1 N–H and O–H groups in total. The zero-order valence-electron chi connectivity index (χ0n) is 20.9. The van der Waals surface area contributed by atoms with Crippen LogP contribution in [0, 0.1) is 34.5 Å². The van der Waals surface area contributed by atoms with Gasteiger partial charge in [-0.2, -0.15) is 0 Å². The molecule has 0 heterocycles. The van der Waals surface area contributed by atoms with E-state index in [1.54, 1.807) is 21.1 Å². The number of ether oxygens (including phenoxy) is 2. The number of hydrogen-bond acceptors (Lipinski definition) is 4. The number of Topliss-reactive ketones (excluding diaryl/α,β-unsaturated/α-hetero) is 1. The number of methoxy groups -OCH3 is 2. The summed E-state index contributed by atoms with van der Waals surface area (Å²) in [6.07, 6.45) is 9.58. The van der Waals surface area contributed by atoms with Crippen LogP contribution in [0.4, 0.5) is 0 Å².